The molecular weight excluding hydrogens is 703 g/mol. The normalized spacial score (nSPS) is 11.9. The van der Waals surface area contributed by atoms with Crippen LogP contribution in [0, 0.1) is 0 Å². The second-order valence-electron chi connectivity index (χ2n) is 14.4. The Balaban J connectivity index is 0.996. The van der Waals surface area contributed by atoms with Crippen LogP contribution in [0.4, 0.5) is 17.1 Å². The molecule has 0 radical (unpaired) electrons. The van der Waals surface area contributed by atoms with E-state index in [0.717, 1.165) is 83.2 Å². The maximum Gasteiger partial charge on any atom is 0.143 e. The molecule has 0 unspecified atom stereocenters. The Morgan fingerprint density at radius 1 is 0.357 bits per heavy atom. The zero-order valence-electron chi connectivity index (χ0n) is 30.1. The third kappa shape index (κ3) is 4.76. The zero-order valence-corrected chi connectivity index (χ0v) is 30.9. The van der Waals surface area contributed by atoms with Crippen LogP contribution in [-0.2, 0) is 0 Å². The van der Waals surface area contributed by atoms with Crippen molar-refractivity contribution in [1.82, 2.24) is 0 Å². The highest BCUT2D eigenvalue weighted by Crippen LogP contribution is 2.44. The number of nitrogens with zero attached hydrogens (tertiary/aromatic N) is 1. The zero-order chi connectivity index (χ0) is 36.7. The molecule has 0 N–H and O–H groups in total. The van der Waals surface area contributed by atoms with E-state index in [-0.39, 0.29) is 0 Å². The van der Waals surface area contributed by atoms with Crippen LogP contribution in [0.2, 0.25) is 0 Å². The van der Waals surface area contributed by atoms with Crippen LogP contribution < -0.4 is 4.90 Å². The first-order chi connectivity index (χ1) is 27.7. The molecule has 3 heterocycles. The number of fused-ring (bicyclic) bond motifs is 11. The van der Waals surface area contributed by atoms with Crippen LogP contribution in [0.5, 0.6) is 0 Å². The molecule has 0 aliphatic rings. The lowest BCUT2D eigenvalue weighted by Crippen LogP contribution is -2.09. The van der Waals surface area contributed by atoms with E-state index in [4.69, 9.17) is 8.83 Å². The largest absolute Gasteiger partial charge is 0.455 e. The highest BCUT2D eigenvalue weighted by atomic mass is 32.1. The van der Waals surface area contributed by atoms with Crippen LogP contribution in [0.25, 0.3) is 97.1 Å². The number of benzene rings is 9. The summed E-state index contributed by atoms with van der Waals surface area (Å²) in [5.41, 5.74) is 11.3. The summed E-state index contributed by atoms with van der Waals surface area (Å²) in [6.07, 6.45) is 0. The predicted octanol–water partition coefficient (Wildman–Crippen LogP) is 15.8. The Labute approximate surface area is 325 Å². The predicted molar refractivity (Wildman–Crippen MR) is 237 cm³/mol. The molecule has 9 aromatic carbocycles. The van der Waals surface area contributed by atoms with E-state index in [0.29, 0.717) is 0 Å². The molecule has 12 aromatic rings. The van der Waals surface area contributed by atoms with Gasteiger partial charge in [-0.25, -0.2) is 0 Å². The summed E-state index contributed by atoms with van der Waals surface area (Å²) >= 11 is 1.86. The molecule has 4 heteroatoms. The molecule has 0 aliphatic heterocycles. The second kappa shape index (κ2) is 12.2. The fourth-order valence-corrected chi connectivity index (χ4v) is 9.81. The third-order valence-electron chi connectivity index (χ3n) is 11.3. The van der Waals surface area contributed by atoms with E-state index >= 15 is 0 Å². The van der Waals surface area contributed by atoms with Crippen LogP contribution in [0.3, 0.4) is 0 Å². The van der Waals surface area contributed by atoms with Gasteiger partial charge in [-0.05, 0) is 76.5 Å². The van der Waals surface area contributed by atoms with E-state index in [1.54, 1.807) is 0 Å². The Bertz CT molecular complexity index is 3320. The quantitative estimate of drug-likeness (QED) is 0.176. The van der Waals surface area contributed by atoms with E-state index in [1.165, 1.54) is 30.9 Å². The number of rotatable bonds is 5. The van der Waals surface area contributed by atoms with Gasteiger partial charge in [0.05, 0.1) is 0 Å². The Kier molecular flexibility index (Phi) is 6.80. The minimum atomic E-state index is 0.905. The summed E-state index contributed by atoms with van der Waals surface area (Å²) in [5.74, 6) is 0. The number of hydrogen-bond donors (Lipinski definition) is 0. The standard InChI is InChI=1S/C52H31NO2S/c1-2-10-38-32(9-1)23-30-48-50(38)45-29-28-37(31-49(45)56-48)53(35-24-19-33(20-25-35)39-13-7-15-43-41-11-3-5-17-46(41)54-51(39)43)36-26-21-34(22-27-36)40-14-8-16-44-42-12-4-6-18-47(42)55-52(40)44/h1-31H. The van der Waals surface area contributed by atoms with E-state index in [1.807, 2.05) is 35.6 Å². The number of thiophene rings is 1. The number of anilines is 3. The Morgan fingerprint density at radius 2 is 0.875 bits per heavy atom. The molecule has 0 saturated carbocycles. The van der Waals surface area contributed by atoms with Crippen molar-refractivity contribution in [2.45, 2.75) is 0 Å². The summed E-state index contributed by atoms with van der Waals surface area (Å²) in [7, 11) is 0. The third-order valence-corrected chi connectivity index (χ3v) is 12.4. The molecule has 0 amide bonds. The first-order valence-corrected chi connectivity index (χ1v) is 19.7. The lowest BCUT2D eigenvalue weighted by atomic mass is 10.0. The molecule has 0 spiro atoms. The van der Waals surface area contributed by atoms with Gasteiger partial charge in [0.15, 0.2) is 0 Å². The van der Waals surface area contributed by atoms with E-state index in [9.17, 15) is 0 Å². The highest BCUT2D eigenvalue weighted by molar-refractivity contribution is 7.26. The van der Waals surface area contributed by atoms with E-state index < -0.39 is 0 Å². The molecule has 56 heavy (non-hydrogen) atoms. The highest BCUT2D eigenvalue weighted by Gasteiger charge is 2.19. The van der Waals surface area contributed by atoms with Gasteiger partial charge in [0.1, 0.15) is 22.3 Å². The average Bonchev–Trinajstić information content (AvgIpc) is 3.96. The summed E-state index contributed by atoms with van der Waals surface area (Å²) < 4.78 is 15.4. The molecule has 0 aliphatic carbocycles. The van der Waals surface area contributed by atoms with Gasteiger partial charge >= 0.3 is 0 Å². The minimum absolute atomic E-state index is 0.905. The first-order valence-electron chi connectivity index (χ1n) is 18.9. The van der Waals surface area contributed by atoms with Crippen molar-refractivity contribution in [3.8, 4) is 22.3 Å². The number of para-hydroxylation sites is 4. The molecule has 3 aromatic heterocycles. The lowest BCUT2D eigenvalue weighted by Gasteiger charge is -2.26. The fourth-order valence-electron chi connectivity index (χ4n) is 8.65. The molecule has 0 saturated heterocycles. The van der Waals surface area contributed by atoms with Crippen molar-refractivity contribution in [1.29, 1.82) is 0 Å². The summed E-state index contributed by atoms with van der Waals surface area (Å²) in [5, 5.41) is 9.71. The number of hydrogen-bond acceptors (Lipinski definition) is 4. The second-order valence-corrected chi connectivity index (χ2v) is 15.5. The Hall–Kier alpha value is -7.14. The van der Waals surface area contributed by atoms with Crippen LogP contribution >= 0.6 is 11.3 Å². The first kappa shape index (κ1) is 31.2. The SMILES string of the molecule is c1ccc2c(c1)ccc1sc3cc(N(c4ccc(-c5cccc6c5oc5ccccc56)cc4)c4ccc(-c5cccc6c5oc5ccccc56)cc4)ccc3c12. The fraction of sp³-hybridized carbons (Fsp3) is 0. The molecule has 0 bridgehead atoms. The van der Waals surface area contributed by atoms with Gasteiger partial charge in [-0.1, -0.05) is 133 Å². The summed E-state index contributed by atoms with van der Waals surface area (Å²) in [6.45, 7) is 0. The Morgan fingerprint density at radius 3 is 1.48 bits per heavy atom. The van der Waals surface area contributed by atoms with Crippen molar-refractivity contribution in [3.05, 3.63) is 188 Å². The average molecular weight is 734 g/mol. The molecule has 12 rings (SSSR count). The van der Waals surface area contributed by atoms with Crippen LogP contribution in [-0.4, -0.2) is 0 Å². The summed E-state index contributed by atoms with van der Waals surface area (Å²) in [4.78, 5) is 2.36. The van der Waals surface area contributed by atoms with Gasteiger partial charge in [0.2, 0.25) is 0 Å². The van der Waals surface area contributed by atoms with Crippen molar-refractivity contribution >= 4 is 103 Å². The van der Waals surface area contributed by atoms with Crippen molar-refractivity contribution in [2.24, 2.45) is 0 Å². The topological polar surface area (TPSA) is 29.5 Å². The molecular formula is C52H31NO2S. The van der Waals surface area contributed by atoms with E-state index in [2.05, 4.69) is 169 Å². The van der Waals surface area contributed by atoms with Gasteiger partial charge < -0.3 is 13.7 Å². The van der Waals surface area contributed by atoms with Gasteiger partial charge in [0, 0.05) is 69.9 Å². The number of furan rings is 2. The monoisotopic (exact) mass is 733 g/mol. The van der Waals surface area contributed by atoms with Gasteiger partial charge in [-0.2, -0.15) is 0 Å². The van der Waals surface area contributed by atoms with Gasteiger partial charge in [-0.3, -0.25) is 0 Å². The maximum absolute atomic E-state index is 6.42. The molecule has 0 atom stereocenters. The van der Waals surface area contributed by atoms with Crippen LogP contribution in [0.15, 0.2) is 197 Å². The lowest BCUT2D eigenvalue weighted by molar-refractivity contribution is 0.669. The molecule has 262 valence electrons. The van der Waals surface area contributed by atoms with Gasteiger partial charge in [-0.15, -0.1) is 11.3 Å². The molecule has 3 nitrogen and oxygen atoms in total. The smallest absolute Gasteiger partial charge is 0.143 e. The molecule has 0 fully saturated rings. The van der Waals surface area contributed by atoms with Crippen molar-refractivity contribution in [3.63, 3.8) is 0 Å². The van der Waals surface area contributed by atoms with Crippen molar-refractivity contribution < 1.29 is 8.83 Å². The van der Waals surface area contributed by atoms with Crippen molar-refractivity contribution in [2.75, 3.05) is 4.90 Å². The van der Waals surface area contributed by atoms with Gasteiger partial charge in [0.25, 0.3) is 0 Å². The summed E-state index contributed by atoms with van der Waals surface area (Å²) in [6, 6.07) is 67.2. The van der Waals surface area contributed by atoms with Crippen LogP contribution in [0.1, 0.15) is 0 Å². The maximum atomic E-state index is 6.42. The minimum Gasteiger partial charge on any atom is -0.455 e.